The maximum atomic E-state index is 5.46. The standard InChI is InChI=1S/C13H14BrNO2/c14-11-3-1-4-12(9-11)15-6-8-16-10-13-5-2-7-17-13/h1-5,7,9,15H,6,8,10H2. The lowest BCUT2D eigenvalue weighted by atomic mass is 10.3. The zero-order chi connectivity index (χ0) is 11.9. The second kappa shape index (κ2) is 6.47. The molecule has 0 bridgehead atoms. The van der Waals surface area contributed by atoms with Crippen LogP contribution in [-0.4, -0.2) is 13.2 Å². The van der Waals surface area contributed by atoms with Crippen LogP contribution in [0.25, 0.3) is 0 Å². The highest BCUT2D eigenvalue weighted by molar-refractivity contribution is 9.10. The van der Waals surface area contributed by atoms with Gasteiger partial charge in [-0.1, -0.05) is 22.0 Å². The molecule has 0 aliphatic heterocycles. The van der Waals surface area contributed by atoms with Crippen LogP contribution in [0.3, 0.4) is 0 Å². The van der Waals surface area contributed by atoms with Crippen LogP contribution >= 0.6 is 15.9 Å². The Labute approximate surface area is 109 Å². The summed E-state index contributed by atoms with van der Waals surface area (Å²) in [4.78, 5) is 0. The topological polar surface area (TPSA) is 34.4 Å². The van der Waals surface area contributed by atoms with Gasteiger partial charge in [-0.25, -0.2) is 0 Å². The number of anilines is 1. The normalized spacial score (nSPS) is 10.4. The van der Waals surface area contributed by atoms with Crippen molar-refractivity contribution in [1.29, 1.82) is 0 Å². The average molecular weight is 296 g/mol. The van der Waals surface area contributed by atoms with Gasteiger partial charge >= 0.3 is 0 Å². The van der Waals surface area contributed by atoms with Crippen molar-refractivity contribution in [2.45, 2.75) is 6.61 Å². The molecule has 0 fully saturated rings. The van der Waals surface area contributed by atoms with Crippen LogP contribution in [0.2, 0.25) is 0 Å². The summed E-state index contributed by atoms with van der Waals surface area (Å²) >= 11 is 3.43. The summed E-state index contributed by atoms with van der Waals surface area (Å²) in [5.41, 5.74) is 1.08. The Morgan fingerprint density at radius 1 is 1.24 bits per heavy atom. The smallest absolute Gasteiger partial charge is 0.129 e. The summed E-state index contributed by atoms with van der Waals surface area (Å²) in [6.07, 6.45) is 1.65. The molecule has 1 aromatic carbocycles. The number of furan rings is 1. The van der Waals surface area contributed by atoms with Crippen LogP contribution in [0.4, 0.5) is 5.69 Å². The molecule has 0 saturated carbocycles. The maximum Gasteiger partial charge on any atom is 0.129 e. The van der Waals surface area contributed by atoms with Gasteiger partial charge in [-0.3, -0.25) is 0 Å². The minimum Gasteiger partial charge on any atom is -0.467 e. The van der Waals surface area contributed by atoms with Gasteiger partial charge in [0.1, 0.15) is 12.4 Å². The molecule has 0 unspecified atom stereocenters. The van der Waals surface area contributed by atoms with Gasteiger partial charge in [0.05, 0.1) is 12.9 Å². The first-order chi connectivity index (χ1) is 8.34. The van der Waals surface area contributed by atoms with E-state index in [0.717, 1.165) is 22.5 Å². The van der Waals surface area contributed by atoms with Crippen molar-refractivity contribution in [2.75, 3.05) is 18.5 Å². The molecule has 0 spiro atoms. The summed E-state index contributed by atoms with van der Waals surface area (Å²) < 4.78 is 11.7. The van der Waals surface area contributed by atoms with E-state index in [1.807, 2.05) is 36.4 Å². The van der Waals surface area contributed by atoms with Gasteiger partial charge in [0.2, 0.25) is 0 Å². The number of hydrogen-bond donors (Lipinski definition) is 1. The van der Waals surface area contributed by atoms with Gasteiger partial charge in [-0.2, -0.15) is 0 Å². The Kier molecular flexibility index (Phi) is 4.64. The maximum absolute atomic E-state index is 5.46. The number of halogens is 1. The number of benzene rings is 1. The highest BCUT2D eigenvalue weighted by Gasteiger charge is 1.96. The summed E-state index contributed by atoms with van der Waals surface area (Å²) in [7, 11) is 0. The van der Waals surface area contributed by atoms with Crippen molar-refractivity contribution < 1.29 is 9.15 Å². The highest BCUT2D eigenvalue weighted by atomic mass is 79.9. The average Bonchev–Trinajstić information content (AvgIpc) is 2.82. The van der Waals surface area contributed by atoms with E-state index < -0.39 is 0 Å². The molecule has 0 atom stereocenters. The van der Waals surface area contributed by atoms with Crippen LogP contribution in [0.15, 0.2) is 51.6 Å². The third kappa shape index (κ3) is 4.24. The largest absolute Gasteiger partial charge is 0.467 e. The Morgan fingerprint density at radius 2 is 2.18 bits per heavy atom. The SMILES string of the molecule is Brc1cccc(NCCOCc2ccco2)c1. The molecule has 1 N–H and O–H groups in total. The molecule has 1 aromatic heterocycles. The van der Waals surface area contributed by atoms with E-state index in [1.54, 1.807) is 6.26 Å². The molecular weight excluding hydrogens is 282 g/mol. The zero-order valence-corrected chi connectivity index (χ0v) is 10.9. The fourth-order valence-corrected chi connectivity index (χ4v) is 1.83. The number of ether oxygens (including phenoxy) is 1. The molecule has 0 saturated heterocycles. The quantitative estimate of drug-likeness (QED) is 0.826. The minimum absolute atomic E-state index is 0.521. The van der Waals surface area contributed by atoms with Crippen molar-refractivity contribution in [1.82, 2.24) is 0 Å². The van der Waals surface area contributed by atoms with Crippen molar-refractivity contribution >= 4 is 21.6 Å². The predicted octanol–water partition coefficient (Wildman–Crippen LogP) is 3.67. The molecule has 0 radical (unpaired) electrons. The van der Waals surface area contributed by atoms with Crippen LogP contribution < -0.4 is 5.32 Å². The van der Waals surface area contributed by atoms with Crippen molar-refractivity contribution in [3.63, 3.8) is 0 Å². The summed E-state index contributed by atoms with van der Waals surface area (Å²) in [5, 5.41) is 3.28. The van der Waals surface area contributed by atoms with E-state index in [0.29, 0.717) is 13.2 Å². The Hall–Kier alpha value is -1.26. The summed E-state index contributed by atoms with van der Waals surface area (Å²) in [6.45, 7) is 1.94. The molecule has 4 heteroatoms. The van der Waals surface area contributed by atoms with Crippen molar-refractivity contribution in [2.24, 2.45) is 0 Å². The molecule has 3 nitrogen and oxygen atoms in total. The first kappa shape index (κ1) is 12.2. The van der Waals surface area contributed by atoms with Gasteiger partial charge in [-0.15, -0.1) is 0 Å². The van der Waals surface area contributed by atoms with Gasteiger partial charge in [0.25, 0.3) is 0 Å². The van der Waals surface area contributed by atoms with Gasteiger partial charge in [0, 0.05) is 16.7 Å². The lowest BCUT2D eigenvalue weighted by Gasteiger charge is -2.06. The predicted molar refractivity (Wildman–Crippen MR) is 71.0 cm³/mol. The molecule has 0 aliphatic carbocycles. The molecule has 0 amide bonds. The molecule has 2 aromatic rings. The first-order valence-electron chi connectivity index (χ1n) is 5.44. The van der Waals surface area contributed by atoms with Gasteiger partial charge < -0.3 is 14.5 Å². The third-order valence-electron chi connectivity index (χ3n) is 2.22. The van der Waals surface area contributed by atoms with E-state index >= 15 is 0 Å². The Balaban J connectivity index is 1.63. The monoisotopic (exact) mass is 295 g/mol. The second-order valence-corrected chi connectivity index (χ2v) is 4.48. The molecule has 90 valence electrons. The van der Waals surface area contributed by atoms with Crippen LogP contribution in [0, 0.1) is 0 Å². The summed E-state index contributed by atoms with van der Waals surface area (Å²) in [6, 6.07) is 11.8. The minimum atomic E-state index is 0.521. The summed E-state index contributed by atoms with van der Waals surface area (Å²) in [5.74, 6) is 0.854. The van der Waals surface area contributed by atoms with Gasteiger partial charge in [0.15, 0.2) is 0 Å². The van der Waals surface area contributed by atoms with Crippen LogP contribution in [0.1, 0.15) is 5.76 Å². The van der Waals surface area contributed by atoms with E-state index in [2.05, 4.69) is 21.2 Å². The number of hydrogen-bond acceptors (Lipinski definition) is 3. The second-order valence-electron chi connectivity index (χ2n) is 3.57. The van der Waals surface area contributed by atoms with E-state index in [1.165, 1.54) is 0 Å². The van der Waals surface area contributed by atoms with Crippen molar-refractivity contribution in [3.05, 3.63) is 52.9 Å². The number of nitrogens with one attached hydrogen (secondary N) is 1. The lowest BCUT2D eigenvalue weighted by Crippen LogP contribution is -2.09. The van der Waals surface area contributed by atoms with Crippen LogP contribution in [-0.2, 0) is 11.3 Å². The van der Waals surface area contributed by atoms with Crippen molar-refractivity contribution in [3.8, 4) is 0 Å². The van der Waals surface area contributed by atoms with E-state index in [4.69, 9.17) is 9.15 Å². The fourth-order valence-electron chi connectivity index (χ4n) is 1.43. The zero-order valence-electron chi connectivity index (χ0n) is 9.36. The molecule has 0 aliphatic rings. The van der Waals surface area contributed by atoms with Crippen LogP contribution in [0.5, 0.6) is 0 Å². The Bertz CT molecular complexity index is 442. The third-order valence-corrected chi connectivity index (χ3v) is 2.72. The highest BCUT2D eigenvalue weighted by Crippen LogP contribution is 2.15. The molecule has 2 rings (SSSR count). The molecule has 1 heterocycles. The van der Waals surface area contributed by atoms with E-state index in [9.17, 15) is 0 Å². The Morgan fingerprint density at radius 3 is 2.94 bits per heavy atom. The lowest BCUT2D eigenvalue weighted by molar-refractivity contribution is 0.115. The number of rotatable bonds is 6. The van der Waals surface area contributed by atoms with Gasteiger partial charge in [-0.05, 0) is 30.3 Å². The first-order valence-corrected chi connectivity index (χ1v) is 6.23. The van der Waals surface area contributed by atoms with E-state index in [-0.39, 0.29) is 0 Å². The molecule has 17 heavy (non-hydrogen) atoms. The molecular formula is C13H14BrNO2. The fraction of sp³-hybridized carbons (Fsp3) is 0.231.